The van der Waals surface area contributed by atoms with Crippen molar-refractivity contribution < 1.29 is 14.3 Å². The van der Waals surface area contributed by atoms with Gasteiger partial charge in [-0.2, -0.15) is 0 Å². The van der Waals surface area contributed by atoms with Gasteiger partial charge in [0.15, 0.2) is 0 Å². The third-order valence-corrected chi connectivity index (χ3v) is 5.42. The van der Waals surface area contributed by atoms with Gasteiger partial charge >= 0.3 is 0 Å². The Morgan fingerprint density at radius 3 is 2.17 bits per heavy atom. The molecule has 178 valence electrons. The van der Waals surface area contributed by atoms with Crippen LogP contribution in [0.25, 0.3) is 0 Å². The van der Waals surface area contributed by atoms with E-state index in [1.807, 2.05) is 72.8 Å². The lowest BCUT2D eigenvalue weighted by Gasteiger charge is -2.19. The number of imidazole rings is 1. The Hall–Kier alpha value is -4.23. The first-order valence-corrected chi connectivity index (χ1v) is 11.5. The van der Waals surface area contributed by atoms with Gasteiger partial charge in [-0.15, -0.1) is 0 Å². The maximum Gasteiger partial charge on any atom is 0.249 e. The fraction of sp³-hybridized carbons (Fsp3) is 0.179. The van der Waals surface area contributed by atoms with Crippen LogP contribution in [0.4, 0.5) is 5.69 Å². The summed E-state index contributed by atoms with van der Waals surface area (Å²) in [7, 11) is 0. The average molecular weight is 469 g/mol. The smallest absolute Gasteiger partial charge is 0.249 e. The second-order valence-corrected chi connectivity index (χ2v) is 8.21. The number of anilines is 1. The first-order valence-electron chi connectivity index (χ1n) is 11.5. The first-order chi connectivity index (χ1) is 17.2. The van der Waals surface area contributed by atoms with E-state index in [0.29, 0.717) is 18.0 Å². The standard InChI is InChI=1S/C28H28N4O3/c33-27(16-25-17-29-20-30-25)32-26(19-35-18-23-9-5-2-6-10-23)28(34)31-24-13-11-22(12-14-24)15-21-7-3-1-4-8-21/h1-14,17,20,26H,15-16,18-19H2,(H,29,30)(H,31,34)(H,32,33)/t26-/m0/s1. The summed E-state index contributed by atoms with van der Waals surface area (Å²) in [6, 6.07) is 26.7. The minimum Gasteiger partial charge on any atom is -0.374 e. The van der Waals surface area contributed by atoms with Gasteiger partial charge < -0.3 is 20.4 Å². The highest BCUT2D eigenvalue weighted by Gasteiger charge is 2.22. The number of H-pyrrole nitrogens is 1. The van der Waals surface area contributed by atoms with E-state index in [1.165, 1.54) is 11.9 Å². The molecule has 35 heavy (non-hydrogen) atoms. The number of rotatable bonds is 11. The molecule has 0 bridgehead atoms. The number of ether oxygens (including phenoxy) is 1. The second-order valence-electron chi connectivity index (χ2n) is 8.21. The Labute approximate surface area is 204 Å². The number of nitrogens with zero attached hydrogens (tertiary/aromatic N) is 1. The fourth-order valence-corrected chi connectivity index (χ4v) is 3.62. The van der Waals surface area contributed by atoms with E-state index in [2.05, 4.69) is 32.7 Å². The highest BCUT2D eigenvalue weighted by atomic mass is 16.5. The summed E-state index contributed by atoms with van der Waals surface area (Å²) in [5.74, 6) is -0.650. The van der Waals surface area contributed by atoms with Crippen LogP contribution in [0.3, 0.4) is 0 Å². The highest BCUT2D eigenvalue weighted by Crippen LogP contribution is 2.14. The third-order valence-electron chi connectivity index (χ3n) is 5.42. The van der Waals surface area contributed by atoms with Gasteiger partial charge in [-0.3, -0.25) is 9.59 Å². The summed E-state index contributed by atoms with van der Waals surface area (Å²) in [5, 5.41) is 5.67. The van der Waals surface area contributed by atoms with Crippen molar-refractivity contribution in [3.63, 3.8) is 0 Å². The van der Waals surface area contributed by atoms with E-state index in [1.54, 1.807) is 6.20 Å². The van der Waals surface area contributed by atoms with Crippen molar-refractivity contribution in [2.24, 2.45) is 0 Å². The number of amides is 2. The largest absolute Gasteiger partial charge is 0.374 e. The van der Waals surface area contributed by atoms with Crippen LogP contribution < -0.4 is 10.6 Å². The molecular formula is C28H28N4O3. The maximum atomic E-state index is 13.0. The molecule has 0 radical (unpaired) electrons. The van der Waals surface area contributed by atoms with Crippen molar-refractivity contribution in [3.8, 4) is 0 Å². The van der Waals surface area contributed by atoms with Crippen LogP contribution in [-0.4, -0.2) is 34.4 Å². The molecule has 3 N–H and O–H groups in total. The van der Waals surface area contributed by atoms with Gasteiger partial charge in [0.2, 0.25) is 11.8 Å². The molecule has 0 spiro atoms. The van der Waals surface area contributed by atoms with Crippen LogP contribution in [0, 0.1) is 0 Å². The van der Waals surface area contributed by atoms with E-state index in [4.69, 9.17) is 4.74 Å². The Bertz CT molecular complexity index is 1190. The number of aromatic nitrogens is 2. The number of nitrogens with one attached hydrogen (secondary N) is 3. The summed E-state index contributed by atoms with van der Waals surface area (Å²) >= 11 is 0. The number of hydrogen-bond donors (Lipinski definition) is 3. The highest BCUT2D eigenvalue weighted by molar-refractivity contribution is 5.97. The molecule has 7 nitrogen and oxygen atoms in total. The van der Waals surface area contributed by atoms with Gasteiger partial charge in [0.1, 0.15) is 6.04 Å². The summed E-state index contributed by atoms with van der Waals surface area (Å²) in [4.78, 5) is 32.5. The molecular weight excluding hydrogens is 440 g/mol. The lowest BCUT2D eigenvalue weighted by Crippen LogP contribution is -2.47. The molecule has 1 atom stereocenters. The van der Waals surface area contributed by atoms with E-state index in [0.717, 1.165) is 17.5 Å². The molecule has 4 rings (SSSR count). The van der Waals surface area contributed by atoms with Crippen molar-refractivity contribution in [1.82, 2.24) is 15.3 Å². The van der Waals surface area contributed by atoms with Crippen molar-refractivity contribution in [3.05, 3.63) is 120 Å². The van der Waals surface area contributed by atoms with Crippen LogP contribution in [0.15, 0.2) is 97.5 Å². The number of aromatic amines is 1. The number of benzene rings is 3. The van der Waals surface area contributed by atoms with Crippen molar-refractivity contribution in [2.45, 2.75) is 25.5 Å². The zero-order valence-corrected chi connectivity index (χ0v) is 19.3. The fourth-order valence-electron chi connectivity index (χ4n) is 3.62. The van der Waals surface area contributed by atoms with Gasteiger partial charge in [-0.05, 0) is 35.2 Å². The molecule has 0 aliphatic rings. The normalized spacial score (nSPS) is 11.5. The Morgan fingerprint density at radius 2 is 1.51 bits per heavy atom. The van der Waals surface area contributed by atoms with Gasteiger partial charge in [0.25, 0.3) is 0 Å². The SMILES string of the molecule is O=C(Cc1c[nH]cn1)N[C@@H](COCc1ccccc1)C(=O)Nc1ccc(Cc2ccccc2)cc1. The molecule has 0 aliphatic carbocycles. The third kappa shape index (κ3) is 7.65. The van der Waals surface area contributed by atoms with Gasteiger partial charge in [0, 0.05) is 11.9 Å². The summed E-state index contributed by atoms with van der Waals surface area (Å²) < 4.78 is 5.76. The van der Waals surface area contributed by atoms with Gasteiger partial charge in [0.05, 0.1) is 31.7 Å². The predicted octanol–water partition coefficient (Wildman–Crippen LogP) is 3.88. The molecule has 4 aromatic rings. The molecule has 3 aromatic carbocycles. The molecule has 0 unspecified atom stereocenters. The van der Waals surface area contributed by atoms with Crippen LogP contribution in [0.1, 0.15) is 22.4 Å². The first kappa shape index (κ1) is 23.9. The zero-order chi connectivity index (χ0) is 24.3. The van der Waals surface area contributed by atoms with E-state index in [9.17, 15) is 9.59 Å². The van der Waals surface area contributed by atoms with Gasteiger partial charge in [-0.25, -0.2) is 4.98 Å². The van der Waals surface area contributed by atoms with E-state index < -0.39 is 6.04 Å². The molecule has 7 heteroatoms. The quantitative estimate of drug-likeness (QED) is 0.311. The monoisotopic (exact) mass is 468 g/mol. The molecule has 1 heterocycles. The lowest BCUT2D eigenvalue weighted by molar-refractivity contribution is -0.127. The van der Waals surface area contributed by atoms with Crippen molar-refractivity contribution in [1.29, 1.82) is 0 Å². The number of carbonyl (C=O) groups excluding carboxylic acids is 2. The van der Waals surface area contributed by atoms with Crippen molar-refractivity contribution in [2.75, 3.05) is 11.9 Å². The Kier molecular flexibility index (Phi) is 8.40. The van der Waals surface area contributed by atoms with Crippen LogP contribution >= 0.6 is 0 Å². The Morgan fingerprint density at radius 1 is 0.857 bits per heavy atom. The van der Waals surface area contributed by atoms with Crippen LogP contribution in [0.2, 0.25) is 0 Å². The molecule has 1 aromatic heterocycles. The van der Waals surface area contributed by atoms with E-state index >= 15 is 0 Å². The van der Waals surface area contributed by atoms with Crippen LogP contribution in [0.5, 0.6) is 0 Å². The molecule has 0 saturated carbocycles. The predicted molar refractivity (Wildman–Crippen MR) is 135 cm³/mol. The minimum absolute atomic E-state index is 0.0408. The Balaban J connectivity index is 1.36. The molecule has 0 aliphatic heterocycles. The maximum absolute atomic E-state index is 13.0. The average Bonchev–Trinajstić information content (AvgIpc) is 3.39. The summed E-state index contributed by atoms with van der Waals surface area (Å²) in [6.07, 6.45) is 4.04. The number of hydrogen-bond acceptors (Lipinski definition) is 4. The van der Waals surface area contributed by atoms with E-state index in [-0.39, 0.29) is 24.8 Å². The summed E-state index contributed by atoms with van der Waals surface area (Å²) in [5.41, 5.74) is 4.61. The lowest BCUT2D eigenvalue weighted by atomic mass is 10.0. The molecule has 2 amide bonds. The summed E-state index contributed by atoms with van der Waals surface area (Å²) in [6.45, 7) is 0.382. The minimum atomic E-state index is -0.853. The van der Waals surface area contributed by atoms with Crippen molar-refractivity contribution >= 4 is 17.5 Å². The number of carbonyl (C=O) groups is 2. The molecule has 0 fully saturated rings. The topological polar surface area (TPSA) is 96.1 Å². The zero-order valence-electron chi connectivity index (χ0n) is 19.3. The van der Waals surface area contributed by atoms with Gasteiger partial charge in [-0.1, -0.05) is 72.8 Å². The second kappa shape index (κ2) is 12.3. The molecule has 0 saturated heterocycles. The van der Waals surface area contributed by atoms with Crippen LogP contribution in [-0.2, 0) is 33.8 Å².